The van der Waals surface area contributed by atoms with Crippen molar-refractivity contribution in [2.24, 2.45) is 0 Å². The van der Waals surface area contributed by atoms with Crippen LogP contribution in [0.3, 0.4) is 0 Å². The Morgan fingerprint density at radius 1 is 1.20 bits per heavy atom. The van der Waals surface area contributed by atoms with E-state index in [9.17, 15) is 0 Å². The van der Waals surface area contributed by atoms with Gasteiger partial charge < -0.3 is 5.32 Å². The van der Waals surface area contributed by atoms with Crippen LogP contribution in [0.15, 0.2) is 0 Å². The molecule has 1 rings (SSSR count). The molecule has 0 aliphatic carbocycles. The Labute approximate surface area is 67.4 Å². The van der Waals surface area contributed by atoms with Crippen LogP contribution in [0.1, 0.15) is 27.7 Å². The Morgan fingerprint density at radius 3 is 1.80 bits per heavy atom. The first-order valence-corrected chi connectivity index (χ1v) is 3.86. The molecule has 0 aromatic rings. The Morgan fingerprint density at radius 2 is 1.70 bits per heavy atom. The minimum absolute atomic E-state index is 0.0411. The van der Waals surface area contributed by atoms with Gasteiger partial charge in [-0.25, -0.2) is 0 Å². The zero-order valence-corrected chi connectivity index (χ0v) is 7.72. The summed E-state index contributed by atoms with van der Waals surface area (Å²) in [6, 6.07) is 0. The van der Waals surface area contributed by atoms with Gasteiger partial charge in [0.1, 0.15) is 0 Å². The van der Waals surface area contributed by atoms with Crippen molar-refractivity contribution in [2.75, 3.05) is 0 Å². The summed E-state index contributed by atoms with van der Waals surface area (Å²) < 4.78 is 0. The number of nitrogens with one attached hydrogen (secondary N) is 2. The summed E-state index contributed by atoms with van der Waals surface area (Å²) in [5, 5.41) is 6.57. The number of hydrogen-bond acceptors (Lipinski definition) is 2. The van der Waals surface area contributed by atoms with Crippen LogP contribution in [0.5, 0.6) is 0 Å². The summed E-state index contributed by atoms with van der Waals surface area (Å²) >= 11 is 5.13. The third-order valence-electron chi connectivity index (χ3n) is 1.62. The molecule has 0 amide bonds. The van der Waals surface area contributed by atoms with E-state index in [2.05, 4.69) is 38.3 Å². The normalized spacial score (nSPS) is 28.2. The van der Waals surface area contributed by atoms with E-state index in [-0.39, 0.29) is 11.2 Å². The van der Waals surface area contributed by atoms with E-state index < -0.39 is 0 Å². The third-order valence-corrected chi connectivity index (χ3v) is 2.23. The lowest BCUT2D eigenvalue weighted by Gasteiger charge is -2.22. The molecule has 1 heterocycles. The van der Waals surface area contributed by atoms with Gasteiger partial charge in [0.2, 0.25) is 0 Å². The smallest absolute Gasteiger partial charge is 0.0966 e. The van der Waals surface area contributed by atoms with Gasteiger partial charge in [-0.3, -0.25) is 5.32 Å². The van der Waals surface area contributed by atoms with Gasteiger partial charge in [0, 0.05) is 0 Å². The van der Waals surface area contributed by atoms with Crippen LogP contribution in [0.4, 0.5) is 0 Å². The second kappa shape index (κ2) is 1.92. The molecule has 0 unspecified atom stereocenters. The lowest BCUT2D eigenvalue weighted by atomic mass is 10.1. The molecule has 0 bridgehead atoms. The van der Waals surface area contributed by atoms with E-state index in [1.807, 2.05) is 0 Å². The van der Waals surface area contributed by atoms with E-state index in [0.717, 1.165) is 4.99 Å². The van der Waals surface area contributed by atoms with Crippen molar-refractivity contribution < 1.29 is 0 Å². The molecule has 1 aliphatic rings. The molecule has 0 aromatic carbocycles. The summed E-state index contributed by atoms with van der Waals surface area (Å²) in [6.07, 6.45) is 0. The molecule has 0 atom stereocenters. The van der Waals surface area contributed by atoms with Gasteiger partial charge in [-0.15, -0.1) is 0 Å². The summed E-state index contributed by atoms with van der Waals surface area (Å²) in [7, 11) is 0. The molecule has 0 radical (unpaired) electrons. The summed E-state index contributed by atoms with van der Waals surface area (Å²) in [6.45, 7) is 8.32. The topological polar surface area (TPSA) is 24.1 Å². The van der Waals surface area contributed by atoms with Crippen molar-refractivity contribution in [3.63, 3.8) is 0 Å². The second-order valence-corrected chi connectivity index (χ2v) is 4.24. The van der Waals surface area contributed by atoms with Crippen molar-refractivity contribution in [3.8, 4) is 0 Å². The maximum atomic E-state index is 5.13. The SMILES string of the molecule is CC1(C)NC(=S)C(C)(C)N1. The zero-order valence-electron chi connectivity index (χ0n) is 6.91. The highest BCUT2D eigenvalue weighted by Gasteiger charge is 2.39. The van der Waals surface area contributed by atoms with Gasteiger partial charge in [0.05, 0.1) is 16.2 Å². The molecule has 3 heteroatoms. The maximum absolute atomic E-state index is 5.13. The van der Waals surface area contributed by atoms with Gasteiger partial charge in [0.25, 0.3) is 0 Å². The van der Waals surface area contributed by atoms with Gasteiger partial charge in [-0.2, -0.15) is 0 Å². The average Bonchev–Trinajstić information content (AvgIpc) is 1.73. The van der Waals surface area contributed by atoms with Crippen LogP contribution in [0, 0.1) is 0 Å². The van der Waals surface area contributed by atoms with E-state index in [1.54, 1.807) is 0 Å². The first kappa shape index (κ1) is 7.95. The molecule has 10 heavy (non-hydrogen) atoms. The molecular weight excluding hydrogens is 144 g/mol. The van der Waals surface area contributed by atoms with E-state index in [1.165, 1.54) is 0 Å². The van der Waals surface area contributed by atoms with E-state index in [0.29, 0.717) is 0 Å². The van der Waals surface area contributed by atoms with Crippen molar-refractivity contribution in [3.05, 3.63) is 0 Å². The fourth-order valence-corrected chi connectivity index (χ4v) is 1.62. The van der Waals surface area contributed by atoms with E-state index >= 15 is 0 Å². The van der Waals surface area contributed by atoms with Gasteiger partial charge >= 0.3 is 0 Å². The first-order chi connectivity index (χ1) is 4.33. The molecule has 2 N–H and O–H groups in total. The van der Waals surface area contributed by atoms with E-state index in [4.69, 9.17) is 12.2 Å². The molecule has 1 fully saturated rings. The summed E-state index contributed by atoms with van der Waals surface area (Å²) in [5.74, 6) is 0. The van der Waals surface area contributed by atoms with Crippen LogP contribution < -0.4 is 10.6 Å². The average molecular weight is 158 g/mol. The molecule has 1 saturated heterocycles. The highest BCUT2D eigenvalue weighted by molar-refractivity contribution is 7.80. The molecule has 1 aliphatic heterocycles. The zero-order chi connectivity index (χ0) is 7.99. The highest BCUT2D eigenvalue weighted by Crippen LogP contribution is 2.17. The third kappa shape index (κ3) is 1.30. The Balaban J connectivity index is 2.81. The second-order valence-electron chi connectivity index (χ2n) is 3.83. The molecular formula is C7H14N2S. The first-order valence-electron chi connectivity index (χ1n) is 3.45. The Hall–Kier alpha value is -0.150. The Bertz CT molecular complexity index is 172. The van der Waals surface area contributed by atoms with Crippen LogP contribution in [-0.4, -0.2) is 16.2 Å². The fraction of sp³-hybridized carbons (Fsp3) is 0.857. The van der Waals surface area contributed by atoms with Crippen molar-refractivity contribution in [1.29, 1.82) is 0 Å². The predicted molar refractivity (Wildman–Crippen MR) is 47.0 cm³/mol. The van der Waals surface area contributed by atoms with Crippen molar-refractivity contribution in [2.45, 2.75) is 38.9 Å². The van der Waals surface area contributed by atoms with Gasteiger partial charge in [0.15, 0.2) is 0 Å². The number of hydrogen-bond donors (Lipinski definition) is 2. The van der Waals surface area contributed by atoms with Gasteiger partial charge in [-0.1, -0.05) is 12.2 Å². The summed E-state index contributed by atoms with van der Waals surface area (Å²) in [5.41, 5.74) is -0.0839. The minimum atomic E-state index is -0.0428. The van der Waals surface area contributed by atoms with Crippen molar-refractivity contribution in [1.82, 2.24) is 10.6 Å². The standard InChI is InChI=1S/C7H14N2S/c1-6(2)5(10)8-7(3,4)9-6/h9H,1-4H3,(H,8,10). The summed E-state index contributed by atoms with van der Waals surface area (Å²) in [4.78, 5) is 0.900. The minimum Gasteiger partial charge on any atom is -0.361 e. The molecule has 0 aromatic heterocycles. The van der Waals surface area contributed by atoms with Crippen LogP contribution in [0.25, 0.3) is 0 Å². The number of thiocarbonyl (C=S) groups is 1. The lowest BCUT2D eigenvalue weighted by Crippen LogP contribution is -2.46. The fourth-order valence-electron chi connectivity index (χ4n) is 1.31. The molecule has 2 nitrogen and oxygen atoms in total. The highest BCUT2D eigenvalue weighted by atomic mass is 32.1. The molecule has 0 saturated carbocycles. The molecule has 58 valence electrons. The largest absolute Gasteiger partial charge is 0.361 e. The van der Waals surface area contributed by atoms with Crippen LogP contribution in [-0.2, 0) is 0 Å². The van der Waals surface area contributed by atoms with Crippen molar-refractivity contribution >= 4 is 17.2 Å². The maximum Gasteiger partial charge on any atom is 0.0966 e. The lowest BCUT2D eigenvalue weighted by molar-refractivity contribution is 0.358. The predicted octanol–water partition coefficient (Wildman–Crippen LogP) is 1.02. The van der Waals surface area contributed by atoms with Crippen LogP contribution >= 0.6 is 12.2 Å². The van der Waals surface area contributed by atoms with Crippen LogP contribution in [0.2, 0.25) is 0 Å². The molecule has 0 spiro atoms. The van der Waals surface area contributed by atoms with Gasteiger partial charge in [-0.05, 0) is 27.7 Å². The Kier molecular flexibility index (Phi) is 1.53. The number of rotatable bonds is 0. The monoisotopic (exact) mass is 158 g/mol. The quantitative estimate of drug-likeness (QED) is 0.515.